The number of ketones is 1. The first kappa shape index (κ1) is 19.7. The monoisotopic (exact) mass is 405 g/mol. The van der Waals surface area contributed by atoms with Crippen molar-refractivity contribution in [1.29, 1.82) is 0 Å². The van der Waals surface area contributed by atoms with Gasteiger partial charge in [0.1, 0.15) is 5.75 Å². The van der Waals surface area contributed by atoms with Crippen molar-refractivity contribution in [3.8, 4) is 11.5 Å². The molecule has 26 heavy (non-hydrogen) atoms. The van der Waals surface area contributed by atoms with E-state index in [1.165, 1.54) is 25.1 Å². The molecule has 2 aromatic carbocycles. The van der Waals surface area contributed by atoms with Crippen molar-refractivity contribution >= 4 is 32.9 Å². The van der Waals surface area contributed by atoms with Gasteiger partial charge in [0.15, 0.2) is 5.78 Å². The Morgan fingerprint density at radius 2 is 1.81 bits per heavy atom. The van der Waals surface area contributed by atoms with Crippen LogP contribution < -0.4 is 4.74 Å². The molecule has 0 unspecified atom stereocenters. The summed E-state index contributed by atoms with van der Waals surface area (Å²) in [7, 11) is -5.00. The lowest BCUT2D eigenvalue weighted by Gasteiger charge is -2.10. The number of ether oxygens (including phenoxy) is 1. The Balaban J connectivity index is 2.48. The van der Waals surface area contributed by atoms with E-state index >= 15 is 0 Å². The van der Waals surface area contributed by atoms with Gasteiger partial charge in [0.25, 0.3) is 0 Å². The molecule has 0 aliphatic heterocycles. The number of Topliss-reactive ketones (excluding diaryl/α,β-unsaturated/α-hetero) is 1. The standard InChI is InChI=1S/C15H10ClF2NO6S/c1-8(20)9-2-4-13(11(16)6-9)25-14-5-3-10(7-12(14)19(21)22)26(23,24)15(17)18/h2-7,15H,1H3. The van der Waals surface area contributed by atoms with Gasteiger partial charge in [0.2, 0.25) is 15.6 Å². The Bertz CT molecular complexity index is 994. The third kappa shape index (κ3) is 3.97. The van der Waals surface area contributed by atoms with E-state index in [2.05, 4.69) is 0 Å². The highest BCUT2D eigenvalue weighted by molar-refractivity contribution is 7.91. The zero-order valence-corrected chi connectivity index (χ0v) is 14.6. The van der Waals surface area contributed by atoms with Crippen LogP contribution in [0.25, 0.3) is 0 Å². The number of alkyl halides is 2. The summed E-state index contributed by atoms with van der Waals surface area (Å²) >= 11 is 5.96. The van der Waals surface area contributed by atoms with Gasteiger partial charge in [-0.3, -0.25) is 14.9 Å². The molecule has 7 nitrogen and oxygen atoms in total. The van der Waals surface area contributed by atoms with E-state index in [1.54, 1.807) is 0 Å². The zero-order valence-electron chi connectivity index (χ0n) is 13.0. The number of carbonyl (C=O) groups is 1. The van der Waals surface area contributed by atoms with E-state index in [-0.39, 0.29) is 22.1 Å². The molecule has 0 N–H and O–H groups in total. The van der Waals surface area contributed by atoms with Crippen molar-refractivity contribution in [2.24, 2.45) is 0 Å². The molecular formula is C15H10ClF2NO6S. The SMILES string of the molecule is CC(=O)c1ccc(Oc2ccc(S(=O)(=O)C(F)F)cc2[N+](=O)[O-])c(Cl)c1. The quantitative estimate of drug-likeness (QED) is 0.404. The largest absolute Gasteiger partial charge is 0.449 e. The van der Waals surface area contributed by atoms with Crippen LogP contribution in [0.3, 0.4) is 0 Å². The number of sulfone groups is 1. The van der Waals surface area contributed by atoms with Gasteiger partial charge in [0.05, 0.1) is 14.8 Å². The van der Waals surface area contributed by atoms with Gasteiger partial charge in [-0.2, -0.15) is 8.78 Å². The van der Waals surface area contributed by atoms with Crippen LogP contribution in [0, 0.1) is 10.1 Å². The van der Waals surface area contributed by atoms with Gasteiger partial charge in [-0.1, -0.05) is 11.6 Å². The van der Waals surface area contributed by atoms with E-state index in [9.17, 15) is 32.1 Å². The highest BCUT2D eigenvalue weighted by Crippen LogP contribution is 2.37. The normalized spacial score (nSPS) is 11.4. The van der Waals surface area contributed by atoms with Gasteiger partial charge in [-0.15, -0.1) is 0 Å². The molecule has 11 heteroatoms. The second-order valence-electron chi connectivity index (χ2n) is 5.00. The van der Waals surface area contributed by atoms with Crippen LogP contribution in [0.2, 0.25) is 5.02 Å². The Hall–Kier alpha value is -2.59. The summed E-state index contributed by atoms with van der Waals surface area (Å²) in [5, 5.41) is 11.1. The maximum atomic E-state index is 12.6. The fourth-order valence-electron chi connectivity index (χ4n) is 1.93. The Morgan fingerprint density at radius 3 is 2.31 bits per heavy atom. The molecule has 0 fully saturated rings. The van der Waals surface area contributed by atoms with Crippen molar-refractivity contribution in [3.05, 3.63) is 57.1 Å². The van der Waals surface area contributed by atoms with Crippen molar-refractivity contribution in [3.63, 3.8) is 0 Å². The first-order valence-corrected chi connectivity index (χ1v) is 8.75. The fourth-order valence-corrected chi connectivity index (χ4v) is 2.89. The minimum absolute atomic E-state index is 0.0173. The van der Waals surface area contributed by atoms with Crippen molar-refractivity contribution in [2.75, 3.05) is 0 Å². The third-order valence-corrected chi connectivity index (χ3v) is 4.92. The number of nitro groups is 1. The van der Waals surface area contributed by atoms with Crippen LogP contribution in [-0.2, 0) is 9.84 Å². The van der Waals surface area contributed by atoms with E-state index in [4.69, 9.17) is 16.3 Å². The Labute approximate surface area is 151 Å². The number of benzene rings is 2. The molecular weight excluding hydrogens is 396 g/mol. The molecule has 2 aromatic rings. The summed E-state index contributed by atoms with van der Waals surface area (Å²) in [5.74, 6) is -4.42. The molecule has 0 bridgehead atoms. The second kappa shape index (κ2) is 7.34. The molecule has 0 radical (unpaired) electrons. The second-order valence-corrected chi connectivity index (χ2v) is 7.32. The summed E-state index contributed by atoms with van der Waals surface area (Å²) < 4.78 is 53.4. The maximum Gasteiger partial charge on any atom is 0.341 e. The van der Waals surface area contributed by atoms with Gasteiger partial charge < -0.3 is 4.74 Å². The maximum absolute atomic E-state index is 12.6. The number of nitrogens with zero attached hydrogens (tertiary/aromatic N) is 1. The molecule has 0 aromatic heterocycles. The fraction of sp³-hybridized carbons (Fsp3) is 0.133. The number of halogens is 3. The van der Waals surface area contributed by atoms with Gasteiger partial charge in [0, 0.05) is 11.6 Å². The van der Waals surface area contributed by atoms with Crippen LogP contribution >= 0.6 is 11.6 Å². The van der Waals surface area contributed by atoms with Crippen molar-refractivity contribution < 1.29 is 31.7 Å². The molecule has 0 aliphatic rings. The summed E-state index contributed by atoms with van der Waals surface area (Å²) in [6.45, 7) is 1.32. The Morgan fingerprint density at radius 1 is 1.19 bits per heavy atom. The predicted octanol–water partition coefficient (Wildman–Crippen LogP) is 4.24. The van der Waals surface area contributed by atoms with E-state index in [0.717, 1.165) is 12.1 Å². The van der Waals surface area contributed by atoms with Crippen LogP contribution in [0.1, 0.15) is 17.3 Å². The Kier molecular flexibility index (Phi) is 5.57. The van der Waals surface area contributed by atoms with Gasteiger partial charge >= 0.3 is 11.4 Å². The number of nitro benzene ring substituents is 1. The third-order valence-electron chi connectivity index (χ3n) is 3.25. The first-order valence-electron chi connectivity index (χ1n) is 6.83. The van der Waals surface area contributed by atoms with E-state index in [0.29, 0.717) is 6.07 Å². The first-order chi connectivity index (χ1) is 12.0. The number of hydrogen-bond donors (Lipinski definition) is 0. The summed E-state index contributed by atoms with van der Waals surface area (Å²) in [4.78, 5) is 20.6. The van der Waals surface area contributed by atoms with Crippen molar-refractivity contribution in [2.45, 2.75) is 17.6 Å². The van der Waals surface area contributed by atoms with Gasteiger partial charge in [-0.05, 0) is 37.3 Å². The summed E-state index contributed by atoms with van der Waals surface area (Å²) in [5.41, 5.74) is -0.548. The minimum atomic E-state index is -5.00. The highest BCUT2D eigenvalue weighted by Gasteiger charge is 2.30. The van der Waals surface area contributed by atoms with Crippen molar-refractivity contribution in [1.82, 2.24) is 0 Å². The molecule has 2 rings (SSSR count). The number of hydrogen-bond acceptors (Lipinski definition) is 6. The minimum Gasteiger partial charge on any atom is -0.449 e. The number of carbonyl (C=O) groups excluding carboxylic acids is 1. The highest BCUT2D eigenvalue weighted by atomic mass is 35.5. The lowest BCUT2D eigenvalue weighted by molar-refractivity contribution is -0.385. The van der Waals surface area contributed by atoms with Crippen LogP contribution in [-0.4, -0.2) is 24.9 Å². The molecule has 0 amide bonds. The smallest absolute Gasteiger partial charge is 0.341 e. The average Bonchev–Trinajstić information content (AvgIpc) is 2.56. The molecule has 0 heterocycles. The average molecular weight is 406 g/mol. The predicted molar refractivity (Wildman–Crippen MR) is 87.8 cm³/mol. The zero-order chi connectivity index (χ0) is 19.6. The van der Waals surface area contributed by atoms with Crippen LogP contribution in [0.15, 0.2) is 41.3 Å². The number of rotatable bonds is 6. The molecule has 0 saturated carbocycles. The molecule has 138 valence electrons. The topological polar surface area (TPSA) is 104 Å². The molecule has 0 aliphatic carbocycles. The van der Waals surface area contributed by atoms with E-state index in [1.807, 2.05) is 0 Å². The summed E-state index contributed by atoms with van der Waals surface area (Å²) in [6, 6.07) is 6.09. The molecule has 0 atom stereocenters. The lowest BCUT2D eigenvalue weighted by Crippen LogP contribution is -2.11. The molecule has 0 spiro atoms. The summed E-state index contributed by atoms with van der Waals surface area (Å²) in [6.07, 6.45) is 0. The van der Waals surface area contributed by atoms with Crippen LogP contribution in [0.5, 0.6) is 11.5 Å². The van der Waals surface area contributed by atoms with Gasteiger partial charge in [-0.25, -0.2) is 8.42 Å². The van der Waals surface area contributed by atoms with Crippen LogP contribution in [0.4, 0.5) is 14.5 Å². The molecule has 0 saturated heterocycles. The lowest BCUT2D eigenvalue weighted by atomic mass is 10.1. The van der Waals surface area contributed by atoms with E-state index < -0.39 is 36.9 Å².